The SMILES string of the molecule is COc1cn(-c2ccccc2)nc1C(=O)NC(C)c1ccc(F)c(F)c1. The zero-order valence-corrected chi connectivity index (χ0v) is 14.2. The van der Waals surface area contributed by atoms with Crippen molar-refractivity contribution in [3.63, 3.8) is 0 Å². The number of rotatable bonds is 5. The van der Waals surface area contributed by atoms with Crippen LogP contribution in [-0.4, -0.2) is 22.8 Å². The van der Waals surface area contributed by atoms with Crippen molar-refractivity contribution in [2.75, 3.05) is 7.11 Å². The molecule has 1 atom stereocenters. The van der Waals surface area contributed by atoms with E-state index in [1.54, 1.807) is 13.1 Å². The zero-order valence-electron chi connectivity index (χ0n) is 14.2. The maximum Gasteiger partial charge on any atom is 0.276 e. The second-order valence-electron chi connectivity index (χ2n) is 5.69. The van der Waals surface area contributed by atoms with E-state index in [9.17, 15) is 13.6 Å². The van der Waals surface area contributed by atoms with E-state index in [0.29, 0.717) is 11.3 Å². The monoisotopic (exact) mass is 357 g/mol. The van der Waals surface area contributed by atoms with E-state index in [2.05, 4.69) is 10.4 Å². The minimum absolute atomic E-state index is 0.103. The number of methoxy groups -OCH3 is 1. The van der Waals surface area contributed by atoms with Gasteiger partial charge in [0.25, 0.3) is 5.91 Å². The molecule has 0 saturated heterocycles. The number of aromatic nitrogens is 2. The smallest absolute Gasteiger partial charge is 0.276 e. The predicted octanol–water partition coefficient (Wildman–Crippen LogP) is 3.65. The minimum atomic E-state index is -0.963. The molecular formula is C19H17F2N3O2. The number of hydrogen-bond acceptors (Lipinski definition) is 3. The first kappa shape index (κ1) is 17.6. The number of ether oxygens (including phenoxy) is 1. The molecular weight excluding hydrogens is 340 g/mol. The number of hydrogen-bond donors (Lipinski definition) is 1. The van der Waals surface area contributed by atoms with Crippen LogP contribution in [0.4, 0.5) is 8.78 Å². The molecule has 0 aliphatic heterocycles. The van der Waals surface area contributed by atoms with Gasteiger partial charge in [0.1, 0.15) is 0 Å². The Hall–Kier alpha value is -3.22. The molecule has 26 heavy (non-hydrogen) atoms. The Bertz CT molecular complexity index is 926. The maximum absolute atomic E-state index is 13.4. The van der Waals surface area contributed by atoms with Gasteiger partial charge >= 0.3 is 0 Å². The van der Waals surface area contributed by atoms with E-state index in [1.807, 2.05) is 30.3 Å². The fourth-order valence-corrected chi connectivity index (χ4v) is 2.51. The summed E-state index contributed by atoms with van der Waals surface area (Å²) >= 11 is 0. The summed E-state index contributed by atoms with van der Waals surface area (Å²) in [6.45, 7) is 1.67. The van der Waals surface area contributed by atoms with E-state index in [4.69, 9.17) is 4.74 Å². The van der Waals surface area contributed by atoms with E-state index in [1.165, 1.54) is 17.9 Å². The topological polar surface area (TPSA) is 56.2 Å². The summed E-state index contributed by atoms with van der Waals surface area (Å²) in [6, 6.07) is 12.2. The second kappa shape index (κ2) is 7.35. The summed E-state index contributed by atoms with van der Waals surface area (Å²) in [7, 11) is 1.45. The fourth-order valence-electron chi connectivity index (χ4n) is 2.51. The fraction of sp³-hybridized carbons (Fsp3) is 0.158. The number of nitrogens with one attached hydrogen (secondary N) is 1. The van der Waals surface area contributed by atoms with E-state index < -0.39 is 23.6 Å². The van der Waals surface area contributed by atoms with Gasteiger partial charge in [0, 0.05) is 0 Å². The largest absolute Gasteiger partial charge is 0.493 e. The van der Waals surface area contributed by atoms with Crippen LogP contribution in [0.2, 0.25) is 0 Å². The highest BCUT2D eigenvalue weighted by Crippen LogP contribution is 2.21. The standard InChI is InChI=1S/C19H17F2N3O2/c1-12(13-8-9-15(20)16(21)10-13)22-19(25)18-17(26-2)11-24(23-18)14-6-4-3-5-7-14/h3-12H,1-2H3,(H,22,25). The van der Waals surface area contributed by atoms with Crippen LogP contribution in [0.25, 0.3) is 5.69 Å². The lowest BCUT2D eigenvalue weighted by Crippen LogP contribution is -2.27. The first-order valence-corrected chi connectivity index (χ1v) is 7.94. The van der Waals surface area contributed by atoms with Crippen molar-refractivity contribution < 1.29 is 18.3 Å². The van der Waals surface area contributed by atoms with Crippen LogP contribution in [0.15, 0.2) is 54.7 Å². The summed E-state index contributed by atoms with van der Waals surface area (Å²) in [4.78, 5) is 12.6. The van der Waals surface area contributed by atoms with Gasteiger partial charge in [-0.25, -0.2) is 13.5 Å². The third-order valence-corrected chi connectivity index (χ3v) is 3.93. The Balaban J connectivity index is 1.83. The number of nitrogens with zero attached hydrogens (tertiary/aromatic N) is 2. The van der Waals surface area contributed by atoms with Gasteiger partial charge in [-0.15, -0.1) is 0 Å². The van der Waals surface area contributed by atoms with Gasteiger partial charge in [-0.1, -0.05) is 24.3 Å². The minimum Gasteiger partial charge on any atom is -0.493 e. The average Bonchev–Trinajstić information content (AvgIpc) is 3.09. The van der Waals surface area contributed by atoms with Crippen LogP contribution in [0, 0.1) is 11.6 Å². The Morgan fingerprint density at radius 1 is 1.15 bits per heavy atom. The summed E-state index contributed by atoms with van der Waals surface area (Å²) in [5.41, 5.74) is 1.32. The number of amides is 1. The Morgan fingerprint density at radius 3 is 2.54 bits per heavy atom. The van der Waals surface area contributed by atoms with E-state index in [0.717, 1.165) is 17.8 Å². The van der Waals surface area contributed by atoms with Crippen LogP contribution >= 0.6 is 0 Å². The first-order chi connectivity index (χ1) is 12.5. The van der Waals surface area contributed by atoms with Crippen molar-refractivity contribution in [2.45, 2.75) is 13.0 Å². The van der Waals surface area contributed by atoms with Crippen molar-refractivity contribution in [1.82, 2.24) is 15.1 Å². The van der Waals surface area contributed by atoms with Crippen molar-refractivity contribution in [3.8, 4) is 11.4 Å². The third-order valence-electron chi connectivity index (χ3n) is 3.93. The zero-order chi connectivity index (χ0) is 18.7. The van der Waals surface area contributed by atoms with Crippen molar-refractivity contribution >= 4 is 5.91 Å². The lowest BCUT2D eigenvalue weighted by molar-refractivity contribution is 0.0931. The number of halogens is 2. The predicted molar refractivity (Wildman–Crippen MR) is 92.4 cm³/mol. The van der Waals surface area contributed by atoms with Crippen LogP contribution in [0.3, 0.4) is 0 Å². The summed E-state index contributed by atoms with van der Waals surface area (Å²) < 4.78 is 33.2. The quantitative estimate of drug-likeness (QED) is 0.758. The van der Waals surface area contributed by atoms with Gasteiger partial charge in [-0.05, 0) is 36.8 Å². The molecule has 0 radical (unpaired) electrons. The van der Waals surface area contributed by atoms with Crippen molar-refractivity contribution in [3.05, 3.63) is 77.6 Å². The van der Waals surface area contributed by atoms with Crippen LogP contribution in [0.1, 0.15) is 29.0 Å². The van der Waals surface area contributed by atoms with Crippen molar-refractivity contribution in [1.29, 1.82) is 0 Å². The van der Waals surface area contributed by atoms with E-state index >= 15 is 0 Å². The molecule has 1 aromatic heterocycles. The molecule has 7 heteroatoms. The lowest BCUT2D eigenvalue weighted by atomic mass is 10.1. The molecule has 0 fully saturated rings. The molecule has 0 aliphatic rings. The molecule has 0 saturated carbocycles. The van der Waals surface area contributed by atoms with Crippen LogP contribution in [-0.2, 0) is 0 Å². The van der Waals surface area contributed by atoms with Gasteiger partial charge in [-0.2, -0.15) is 5.10 Å². The number of carbonyl (C=O) groups excluding carboxylic acids is 1. The third kappa shape index (κ3) is 3.56. The number of para-hydroxylation sites is 1. The Kier molecular flexibility index (Phi) is 4.97. The molecule has 1 unspecified atom stereocenters. The molecule has 1 N–H and O–H groups in total. The lowest BCUT2D eigenvalue weighted by Gasteiger charge is -2.14. The highest BCUT2D eigenvalue weighted by molar-refractivity contribution is 5.95. The van der Waals surface area contributed by atoms with Gasteiger partial charge in [0.2, 0.25) is 0 Å². The van der Waals surface area contributed by atoms with Gasteiger partial charge in [0.05, 0.1) is 25.0 Å². The molecule has 0 aliphatic carbocycles. The second-order valence-corrected chi connectivity index (χ2v) is 5.69. The highest BCUT2D eigenvalue weighted by atomic mass is 19.2. The van der Waals surface area contributed by atoms with Crippen molar-refractivity contribution in [2.24, 2.45) is 0 Å². The molecule has 0 spiro atoms. The van der Waals surface area contributed by atoms with E-state index in [-0.39, 0.29) is 5.69 Å². The van der Waals surface area contributed by atoms with Gasteiger partial charge < -0.3 is 10.1 Å². The summed E-state index contributed by atoms with van der Waals surface area (Å²) in [5.74, 6) is -2.07. The molecule has 5 nitrogen and oxygen atoms in total. The highest BCUT2D eigenvalue weighted by Gasteiger charge is 2.21. The molecule has 2 aromatic carbocycles. The average molecular weight is 357 g/mol. The molecule has 1 amide bonds. The Labute approximate surface area is 149 Å². The molecule has 3 rings (SSSR count). The van der Waals surface area contributed by atoms with Crippen LogP contribution < -0.4 is 10.1 Å². The maximum atomic E-state index is 13.4. The van der Waals surface area contributed by atoms with Gasteiger partial charge in [0.15, 0.2) is 23.1 Å². The molecule has 134 valence electrons. The molecule has 0 bridgehead atoms. The van der Waals surface area contributed by atoms with Gasteiger partial charge in [-0.3, -0.25) is 4.79 Å². The first-order valence-electron chi connectivity index (χ1n) is 7.94. The summed E-state index contributed by atoms with van der Waals surface area (Å²) in [5, 5.41) is 6.99. The molecule has 1 heterocycles. The molecule has 3 aromatic rings. The normalized spacial score (nSPS) is 11.8. The van der Waals surface area contributed by atoms with Crippen LogP contribution in [0.5, 0.6) is 5.75 Å². The Morgan fingerprint density at radius 2 is 1.88 bits per heavy atom. The number of benzene rings is 2. The number of carbonyl (C=O) groups is 1. The summed E-state index contributed by atoms with van der Waals surface area (Å²) in [6.07, 6.45) is 1.60.